The van der Waals surface area contributed by atoms with Crippen LogP contribution in [0, 0.1) is 12.8 Å². The molecule has 3 aromatic rings. The Morgan fingerprint density at radius 1 is 0.900 bits per heavy atom. The van der Waals surface area contributed by atoms with Crippen LogP contribution in [0.2, 0.25) is 0 Å². The number of carbonyl (C=O) groups is 2. The van der Waals surface area contributed by atoms with Crippen LogP contribution in [0.3, 0.4) is 0 Å². The second-order valence-electron chi connectivity index (χ2n) is 12.7. The number of imide groups is 1. The molecular formula is C33H41N5O2. The molecule has 3 amide bonds. The van der Waals surface area contributed by atoms with E-state index < -0.39 is 0 Å². The van der Waals surface area contributed by atoms with Crippen molar-refractivity contribution < 1.29 is 9.59 Å². The van der Waals surface area contributed by atoms with Gasteiger partial charge in [-0.3, -0.25) is 15.0 Å². The molecule has 1 N–H and O–H groups in total. The average Bonchev–Trinajstić information content (AvgIpc) is 3.73. The predicted molar refractivity (Wildman–Crippen MR) is 156 cm³/mol. The Balaban J connectivity index is 1.04. The van der Waals surface area contributed by atoms with Gasteiger partial charge in [0.15, 0.2) is 0 Å². The smallest absolute Gasteiger partial charge is 0.324 e. The van der Waals surface area contributed by atoms with E-state index in [1.165, 1.54) is 36.8 Å². The molecule has 4 aliphatic rings. The second-order valence-corrected chi connectivity index (χ2v) is 12.7. The first-order valence-corrected chi connectivity index (χ1v) is 15.4. The van der Waals surface area contributed by atoms with E-state index in [1.54, 1.807) is 0 Å². The number of hydrogen-bond acceptors (Lipinski definition) is 4. The van der Waals surface area contributed by atoms with Crippen LogP contribution in [0.15, 0.2) is 54.6 Å². The lowest BCUT2D eigenvalue weighted by Crippen LogP contribution is -2.51. The van der Waals surface area contributed by atoms with Gasteiger partial charge in [0.05, 0.1) is 11.0 Å². The largest absolute Gasteiger partial charge is 0.325 e. The zero-order chi connectivity index (χ0) is 27.3. The third-order valence-electron chi connectivity index (χ3n) is 10.4. The van der Waals surface area contributed by atoms with Crippen molar-refractivity contribution in [1.82, 2.24) is 24.7 Å². The van der Waals surface area contributed by atoms with Crippen molar-refractivity contribution in [2.24, 2.45) is 5.92 Å². The normalized spacial score (nSPS) is 26.2. The highest BCUT2D eigenvalue weighted by Gasteiger charge is 2.44. The Morgan fingerprint density at radius 3 is 2.27 bits per heavy atom. The fourth-order valence-electron chi connectivity index (χ4n) is 8.03. The van der Waals surface area contributed by atoms with E-state index >= 15 is 0 Å². The third-order valence-corrected chi connectivity index (χ3v) is 10.4. The minimum atomic E-state index is -0.207. The standard InChI is InChI=1S/C33H41N5O2/c1-23-34-29-9-5-6-10-30(29)38(23)28-21-26-13-14-27(22-28)37(26)20-17-33(25-7-3-2-4-8-25)15-18-36(19-16-33)32(40)35-31(39)24-11-12-24/h2-10,24,26-28H,11-22H2,1H3,(H,35,39,40)/t26-,27+,28?. The number of rotatable bonds is 6. The molecule has 40 heavy (non-hydrogen) atoms. The fraction of sp³-hybridized carbons (Fsp3) is 0.545. The van der Waals surface area contributed by atoms with Crippen LogP contribution >= 0.6 is 0 Å². The van der Waals surface area contributed by atoms with E-state index in [9.17, 15) is 9.59 Å². The summed E-state index contributed by atoms with van der Waals surface area (Å²) in [6, 6.07) is 21.1. The molecule has 7 rings (SSSR count). The monoisotopic (exact) mass is 539 g/mol. The van der Waals surface area contributed by atoms with E-state index in [-0.39, 0.29) is 23.3 Å². The molecule has 1 saturated carbocycles. The third kappa shape index (κ3) is 4.72. The lowest BCUT2D eigenvalue weighted by Gasteiger charge is -2.45. The molecule has 0 spiro atoms. The summed E-state index contributed by atoms with van der Waals surface area (Å²) in [4.78, 5) is 34.5. The molecule has 4 fully saturated rings. The zero-order valence-electron chi connectivity index (χ0n) is 23.6. The van der Waals surface area contributed by atoms with Gasteiger partial charge in [0.1, 0.15) is 5.82 Å². The second kappa shape index (κ2) is 10.3. The first kappa shape index (κ1) is 25.8. The molecule has 4 heterocycles. The van der Waals surface area contributed by atoms with Gasteiger partial charge in [-0.05, 0) is 94.4 Å². The van der Waals surface area contributed by atoms with Gasteiger partial charge < -0.3 is 9.47 Å². The number of hydrogen-bond donors (Lipinski definition) is 1. The lowest BCUT2D eigenvalue weighted by atomic mass is 9.70. The van der Waals surface area contributed by atoms with Crippen molar-refractivity contribution >= 4 is 23.0 Å². The maximum Gasteiger partial charge on any atom is 0.324 e. The molecule has 1 aromatic heterocycles. The van der Waals surface area contributed by atoms with Gasteiger partial charge in [0.25, 0.3) is 0 Å². The molecule has 3 aliphatic heterocycles. The number of amides is 3. The number of urea groups is 1. The van der Waals surface area contributed by atoms with Gasteiger partial charge in [0, 0.05) is 37.1 Å². The molecule has 7 heteroatoms. The Kier molecular flexibility index (Phi) is 6.65. The number of benzene rings is 2. The Bertz CT molecular complexity index is 1370. The average molecular weight is 540 g/mol. The summed E-state index contributed by atoms with van der Waals surface area (Å²) in [6.07, 6.45) is 9.77. The molecule has 1 unspecified atom stereocenters. The van der Waals surface area contributed by atoms with Crippen molar-refractivity contribution in [3.05, 3.63) is 66.0 Å². The van der Waals surface area contributed by atoms with Crippen molar-refractivity contribution in [2.75, 3.05) is 19.6 Å². The van der Waals surface area contributed by atoms with Crippen molar-refractivity contribution in [3.8, 4) is 0 Å². The number of imidazole rings is 1. The number of likely N-dealkylation sites (tertiary alicyclic amines) is 1. The van der Waals surface area contributed by atoms with Crippen molar-refractivity contribution in [2.45, 2.75) is 88.3 Å². The summed E-state index contributed by atoms with van der Waals surface area (Å²) in [7, 11) is 0. The summed E-state index contributed by atoms with van der Waals surface area (Å²) in [5.41, 5.74) is 3.84. The van der Waals surface area contributed by atoms with Crippen LogP contribution in [0.1, 0.15) is 75.2 Å². The predicted octanol–water partition coefficient (Wildman–Crippen LogP) is 5.58. The number of piperidine rings is 2. The first-order valence-electron chi connectivity index (χ1n) is 15.4. The number of aromatic nitrogens is 2. The molecule has 7 nitrogen and oxygen atoms in total. The topological polar surface area (TPSA) is 70.5 Å². The molecule has 2 aromatic carbocycles. The van der Waals surface area contributed by atoms with Crippen LogP contribution in [0.4, 0.5) is 4.79 Å². The number of para-hydroxylation sites is 2. The Labute approximate surface area is 236 Å². The zero-order valence-corrected chi connectivity index (χ0v) is 23.6. The molecule has 3 atom stereocenters. The number of nitrogens with one attached hydrogen (secondary N) is 1. The number of carbonyl (C=O) groups excluding carboxylic acids is 2. The highest BCUT2D eigenvalue weighted by molar-refractivity contribution is 5.96. The summed E-state index contributed by atoms with van der Waals surface area (Å²) < 4.78 is 2.51. The maximum atomic E-state index is 12.8. The van der Waals surface area contributed by atoms with E-state index in [0.29, 0.717) is 31.2 Å². The van der Waals surface area contributed by atoms with E-state index in [1.807, 2.05) is 4.90 Å². The molecule has 2 bridgehead atoms. The van der Waals surface area contributed by atoms with E-state index in [4.69, 9.17) is 4.98 Å². The SMILES string of the molecule is Cc1nc2ccccc2n1C1C[C@H]2CC[C@@H](C1)N2CCC1(c2ccccc2)CCN(C(=O)NC(=O)C2CC2)CC1. The van der Waals surface area contributed by atoms with Crippen LogP contribution in [-0.4, -0.2) is 63.0 Å². The minimum Gasteiger partial charge on any atom is -0.325 e. The van der Waals surface area contributed by atoms with Crippen molar-refractivity contribution in [1.29, 1.82) is 0 Å². The van der Waals surface area contributed by atoms with E-state index in [2.05, 4.69) is 76.3 Å². The van der Waals surface area contributed by atoms with Gasteiger partial charge in [-0.1, -0.05) is 42.5 Å². The molecule has 3 saturated heterocycles. The number of nitrogens with zero attached hydrogens (tertiary/aromatic N) is 4. The summed E-state index contributed by atoms with van der Waals surface area (Å²) in [6.45, 7) is 4.65. The molecule has 210 valence electrons. The van der Waals surface area contributed by atoms with E-state index in [0.717, 1.165) is 50.0 Å². The summed E-state index contributed by atoms with van der Waals surface area (Å²) >= 11 is 0. The van der Waals surface area contributed by atoms with Gasteiger partial charge in [-0.15, -0.1) is 0 Å². The minimum absolute atomic E-state index is 0.0491. The van der Waals surface area contributed by atoms with Crippen LogP contribution in [0.5, 0.6) is 0 Å². The number of fused-ring (bicyclic) bond motifs is 3. The van der Waals surface area contributed by atoms with Gasteiger partial charge >= 0.3 is 6.03 Å². The number of aryl methyl sites for hydroxylation is 1. The summed E-state index contributed by atoms with van der Waals surface area (Å²) in [5, 5.41) is 2.65. The van der Waals surface area contributed by atoms with Crippen LogP contribution < -0.4 is 5.32 Å². The quantitative estimate of drug-likeness (QED) is 0.444. The molecular weight excluding hydrogens is 498 g/mol. The molecule has 0 radical (unpaired) electrons. The first-order chi connectivity index (χ1) is 19.5. The fourth-order valence-corrected chi connectivity index (χ4v) is 8.03. The maximum absolute atomic E-state index is 12.8. The van der Waals surface area contributed by atoms with Gasteiger partial charge in [-0.25, -0.2) is 9.78 Å². The lowest BCUT2D eigenvalue weighted by molar-refractivity contribution is -0.121. The van der Waals surface area contributed by atoms with Crippen LogP contribution in [-0.2, 0) is 10.2 Å². The highest BCUT2D eigenvalue weighted by atomic mass is 16.2. The van der Waals surface area contributed by atoms with Crippen molar-refractivity contribution in [3.63, 3.8) is 0 Å². The Morgan fingerprint density at radius 2 is 1.57 bits per heavy atom. The Hall–Kier alpha value is -3.19. The van der Waals surface area contributed by atoms with Gasteiger partial charge in [0.2, 0.25) is 5.91 Å². The summed E-state index contributed by atoms with van der Waals surface area (Å²) in [5.74, 6) is 1.09. The van der Waals surface area contributed by atoms with Gasteiger partial charge in [-0.2, -0.15) is 0 Å². The van der Waals surface area contributed by atoms with Crippen LogP contribution in [0.25, 0.3) is 11.0 Å². The molecule has 1 aliphatic carbocycles. The highest BCUT2D eigenvalue weighted by Crippen LogP contribution is 2.45.